The molecule has 0 radical (unpaired) electrons. The highest BCUT2D eigenvalue weighted by Gasteiger charge is 2.22. The summed E-state index contributed by atoms with van der Waals surface area (Å²) in [6.07, 6.45) is 9.46. The van der Waals surface area contributed by atoms with Crippen LogP contribution in [-0.2, 0) is 6.54 Å². The van der Waals surface area contributed by atoms with Crippen LogP contribution in [0.15, 0.2) is 35.4 Å². The molecule has 0 saturated carbocycles. The van der Waals surface area contributed by atoms with E-state index in [2.05, 4.69) is 28.8 Å². The zero-order chi connectivity index (χ0) is 24.3. The molecule has 3 aromatic rings. The summed E-state index contributed by atoms with van der Waals surface area (Å²) in [5, 5.41) is 9.66. The van der Waals surface area contributed by atoms with Gasteiger partial charge >= 0.3 is 5.13 Å². The molecule has 0 bridgehead atoms. The molecular formula is C26H35Cl2N4OS+. The van der Waals surface area contributed by atoms with Crippen molar-refractivity contribution in [3.05, 3.63) is 45.9 Å². The maximum absolute atomic E-state index is 7.67. The third-order valence-corrected chi connectivity index (χ3v) is 7.50. The van der Waals surface area contributed by atoms with Gasteiger partial charge < -0.3 is 4.74 Å². The van der Waals surface area contributed by atoms with Gasteiger partial charge in [0.15, 0.2) is 5.75 Å². The molecule has 0 aliphatic rings. The second kappa shape index (κ2) is 13.9. The summed E-state index contributed by atoms with van der Waals surface area (Å²) in [6.45, 7) is 6.55. The second-order valence-corrected chi connectivity index (χ2v) is 10.4. The van der Waals surface area contributed by atoms with Crippen LogP contribution >= 0.6 is 34.5 Å². The lowest BCUT2D eigenvalue weighted by Gasteiger charge is -2.09. The molecule has 1 heterocycles. The summed E-state index contributed by atoms with van der Waals surface area (Å²) < 4.78 is 9.40. The number of thiazole rings is 1. The highest BCUT2D eigenvalue weighted by molar-refractivity contribution is 7.21. The third-order valence-electron chi connectivity index (χ3n) is 5.81. The predicted molar refractivity (Wildman–Crippen MR) is 145 cm³/mol. The summed E-state index contributed by atoms with van der Waals surface area (Å²) in [7, 11) is 0. The first-order chi connectivity index (χ1) is 16.6. The van der Waals surface area contributed by atoms with Gasteiger partial charge in [-0.05, 0) is 42.4 Å². The average Bonchev–Trinajstić information content (AvgIpc) is 3.15. The van der Waals surface area contributed by atoms with Crippen LogP contribution in [0.25, 0.3) is 10.2 Å². The van der Waals surface area contributed by atoms with Gasteiger partial charge in [-0.25, -0.2) is 10.1 Å². The van der Waals surface area contributed by atoms with Crippen LogP contribution < -0.4 is 14.6 Å². The van der Waals surface area contributed by atoms with E-state index in [-0.39, 0.29) is 0 Å². The maximum atomic E-state index is 7.67. The van der Waals surface area contributed by atoms with E-state index < -0.39 is 0 Å². The summed E-state index contributed by atoms with van der Waals surface area (Å²) in [6, 6.07) is 9.60. The molecule has 3 rings (SSSR count). The summed E-state index contributed by atoms with van der Waals surface area (Å²) in [5.41, 5.74) is 10.3. The van der Waals surface area contributed by atoms with Crippen LogP contribution in [0.2, 0.25) is 10.0 Å². The smallest absolute Gasteiger partial charge is 0.335 e. The van der Waals surface area contributed by atoms with Gasteiger partial charge in [-0.2, -0.15) is 5.11 Å². The van der Waals surface area contributed by atoms with E-state index in [0.717, 1.165) is 53.1 Å². The van der Waals surface area contributed by atoms with Crippen molar-refractivity contribution in [2.45, 2.75) is 71.8 Å². The minimum atomic E-state index is 0.566. The van der Waals surface area contributed by atoms with Crippen LogP contribution in [0.3, 0.4) is 0 Å². The Hall–Kier alpha value is -1.89. The second-order valence-electron chi connectivity index (χ2n) is 8.53. The van der Waals surface area contributed by atoms with E-state index in [4.69, 9.17) is 33.5 Å². The fourth-order valence-electron chi connectivity index (χ4n) is 3.85. The predicted octanol–water partition coefficient (Wildman–Crippen LogP) is 9.16. The first kappa shape index (κ1) is 26.7. The largest absolute Gasteiger partial charge is 0.491 e. The van der Waals surface area contributed by atoms with Crippen LogP contribution in [0, 0.1) is 5.53 Å². The lowest BCUT2D eigenvalue weighted by Crippen LogP contribution is -2.36. The fraction of sp³-hybridized carbons (Fsp3) is 0.500. The number of hydrogen-bond acceptors (Lipinski definition) is 5. The van der Waals surface area contributed by atoms with Crippen molar-refractivity contribution in [1.29, 1.82) is 5.53 Å². The van der Waals surface area contributed by atoms with Crippen molar-refractivity contribution in [2.75, 3.05) is 18.5 Å². The van der Waals surface area contributed by atoms with E-state index in [1.54, 1.807) is 17.4 Å². The molecule has 0 saturated heterocycles. The Kier molecular flexibility index (Phi) is 10.9. The number of aromatic nitrogens is 1. The number of halogens is 2. The zero-order valence-electron chi connectivity index (χ0n) is 20.1. The molecule has 0 atom stereocenters. The molecule has 1 aromatic heterocycles. The minimum Gasteiger partial charge on any atom is -0.491 e. The van der Waals surface area contributed by atoms with E-state index in [9.17, 15) is 0 Å². The van der Waals surface area contributed by atoms with Crippen LogP contribution in [-0.4, -0.2) is 13.2 Å². The highest BCUT2D eigenvalue weighted by atomic mass is 35.5. The van der Waals surface area contributed by atoms with Gasteiger partial charge in [-0.1, -0.05) is 81.6 Å². The summed E-state index contributed by atoms with van der Waals surface area (Å²) >= 11 is 14.3. The van der Waals surface area contributed by atoms with E-state index >= 15 is 0 Å². The number of unbranched alkanes of at least 4 members (excludes halogenated alkanes) is 6. The summed E-state index contributed by atoms with van der Waals surface area (Å²) in [4.78, 5) is 0. The Balaban J connectivity index is 1.87. The lowest BCUT2D eigenvalue weighted by molar-refractivity contribution is -0.644. The number of rotatable bonds is 15. The monoisotopic (exact) mass is 521 g/mol. The zero-order valence-corrected chi connectivity index (χ0v) is 22.5. The Labute approximate surface area is 216 Å². The number of benzene rings is 2. The standard InChI is InChI=1S/C26H34Cl2N4OS/c1-3-5-7-8-9-10-14-33-24-17-23-25(16-22(24)31-29)34-26(30-13-6-4-2)32(23)18-19-11-12-20(27)15-21(19)28/h11-12,15-17,29H,3-10,13-14,18H2,1-2H3/p+1. The molecular weight excluding hydrogens is 487 g/mol. The number of fused-ring (bicyclic) bond motifs is 1. The molecule has 0 aliphatic heterocycles. The molecule has 0 unspecified atom stereocenters. The lowest BCUT2D eigenvalue weighted by atomic mass is 10.1. The minimum absolute atomic E-state index is 0.566. The van der Waals surface area contributed by atoms with Crippen LogP contribution in [0.1, 0.15) is 70.8 Å². The van der Waals surface area contributed by atoms with Crippen molar-refractivity contribution in [2.24, 2.45) is 5.11 Å². The molecule has 2 N–H and O–H groups in total. The van der Waals surface area contributed by atoms with Crippen molar-refractivity contribution in [3.63, 3.8) is 0 Å². The Morgan fingerprint density at radius 1 is 1.00 bits per heavy atom. The van der Waals surface area contributed by atoms with Crippen LogP contribution in [0.5, 0.6) is 5.75 Å². The van der Waals surface area contributed by atoms with Crippen molar-refractivity contribution >= 4 is 55.6 Å². The molecule has 8 heteroatoms. The van der Waals surface area contributed by atoms with E-state index in [1.165, 1.54) is 25.7 Å². The average molecular weight is 523 g/mol. The molecule has 184 valence electrons. The molecule has 5 nitrogen and oxygen atoms in total. The number of ether oxygens (including phenoxy) is 1. The first-order valence-electron chi connectivity index (χ1n) is 12.3. The van der Waals surface area contributed by atoms with Gasteiger partial charge in [0.2, 0.25) is 0 Å². The summed E-state index contributed by atoms with van der Waals surface area (Å²) in [5.74, 6) is 0.657. The third kappa shape index (κ3) is 7.30. The van der Waals surface area contributed by atoms with Crippen molar-refractivity contribution in [3.8, 4) is 5.75 Å². The Morgan fingerprint density at radius 2 is 1.76 bits per heavy atom. The first-order valence-corrected chi connectivity index (χ1v) is 13.8. The quantitative estimate of drug-likeness (QED) is 0.119. The van der Waals surface area contributed by atoms with E-state index in [1.807, 2.05) is 24.3 Å². The number of anilines is 1. The van der Waals surface area contributed by atoms with Gasteiger partial charge in [0.05, 0.1) is 17.9 Å². The van der Waals surface area contributed by atoms with Gasteiger partial charge in [0, 0.05) is 21.7 Å². The Morgan fingerprint density at radius 3 is 2.50 bits per heavy atom. The van der Waals surface area contributed by atoms with Gasteiger partial charge in [-0.3, -0.25) is 5.32 Å². The molecule has 0 fully saturated rings. The SMILES string of the molecule is CCCCCCCCOc1cc2c(cc1N=N)sc(NCCCC)[n+]2Cc1ccc(Cl)cc1Cl. The maximum Gasteiger partial charge on any atom is 0.335 e. The number of nitrogens with one attached hydrogen (secondary N) is 2. The molecule has 34 heavy (non-hydrogen) atoms. The Bertz CT molecular complexity index is 1090. The fourth-order valence-corrected chi connectivity index (χ4v) is 5.42. The van der Waals surface area contributed by atoms with Crippen LogP contribution in [0.4, 0.5) is 10.8 Å². The highest BCUT2D eigenvalue weighted by Crippen LogP contribution is 2.36. The van der Waals surface area contributed by atoms with Crippen molar-refractivity contribution in [1.82, 2.24) is 0 Å². The van der Waals surface area contributed by atoms with Gasteiger partial charge in [0.1, 0.15) is 17.7 Å². The topological polar surface area (TPSA) is 61.4 Å². The van der Waals surface area contributed by atoms with Gasteiger partial charge in [0.25, 0.3) is 0 Å². The molecule has 0 amide bonds. The number of hydrogen-bond donors (Lipinski definition) is 2. The molecule has 0 aliphatic carbocycles. The van der Waals surface area contributed by atoms with E-state index in [0.29, 0.717) is 34.6 Å². The van der Waals surface area contributed by atoms with Crippen molar-refractivity contribution < 1.29 is 9.30 Å². The normalized spacial score (nSPS) is 11.2. The molecule has 2 aromatic carbocycles. The van der Waals surface area contributed by atoms with Gasteiger partial charge in [-0.15, -0.1) is 0 Å². The number of nitrogens with zero attached hydrogens (tertiary/aromatic N) is 2. The molecule has 0 spiro atoms.